The fraction of sp³-hybridized carbons (Fsp3) is 0.500. The third-order valence-electron chi connectivity index (χ3n) is 2.59. The molecule has 0 saturated heterocycles. The highest BCUT2D eigenvalue weighted by molar-refractivity contribution is 9.09. The quantitative estimate of drug-likeness (QED) is 0.342. The van der Waals surface area contributed by atoms with Crippen LogP contribution in [-0.4, -0.2) is 30.6 Å². The van der Waals surface area contributed by atoms with Crippen LogP contribution in [0.15, 0.2) is 12.1 Å². The van der Waals surface area contributed by atoms with E-state index in [-0.39, 0.29) is 6.47 Å². The third-order valence-corrected chi connectivity index (χ3v) is 3.15. The number of benzene rings is 1. The van der Waals surface area contributed by atoms with Crippen LogP contribution >= 0.6 is 15.9 Å². The van der Waals surface area contributed by atoms with E-state index in [4.69, 9.17) is 25.1 Å². The van der Waals surface area contributed by atoms with Gasteiger partial charge in [0.25, 0.3) is 6.47 Å². The number of anilines is 1. The van der Waals surface area contributed by atoms with Crippen molar-refractivity contribution in [3.8, 4) is 11.5 Å². The van der Waals surface area contributed by atoms with Crippen LogP contribution in [0.2, 0.25) is 0 Å². The Balaban J connectivity index is 0.00000110. The second kappa shape index (κ2) is 11.4. The number of unbranched alkanes of at least 4 members (excludes halogenated alkanes) is 2. The first-order valence-corrected chi connectivity index (χ1v) is 7.43. The number of ether oxygens (including phenoxy) is 2. The average molecular weight is 348 g/mol. The zero-order valence-electron chi connectivity index (χ0n) is 11.9. The Morgan fingerprint density at radius 3 is 2.50 bits per heavy atom. The Morgan fingerprint density at radius 2 is 1.95 bits per heavy atom. The maximum atomic E-state index is 8.36. The van der Waals surface area contributed by atoms with Crippen LogP contribution in [0.5, 0.6) is 11.5 Å². The number of hydrogen-bond donors (Lipinski definition) is 2. The maximum Gasteiger partial charge on any atom is 0.290 e. The summed E-state index contributed by atoms with van der Waals surface area (Å²) < 4.78 is 11.0. The van der Waals surface area contributed by atoms with Gasteiger partial charge in [-0.1, -0.05) is 15.9 Å². The SMILES string of the molecule is COc1cc(C)c(N)cc1OCCCCCBr.O=CO. The molecule has 0 saturated carbocycles. The van der Waals surface area contributed by atoms with Crippen LogP contribution in [0.4, 0.5) is 5.69 Å². The molecule has 0 heterocycles. The van der Waals surface area contributed by atoms with Gasteiger partial charge in [-0.05, 0) is 37.8 Å². The smallest absolute Gasteiger partial charge is 0.290 e. The number of rotatable bonds is 7. The molecule has 0 aliphatic heterocycles. The van der Waals surface area contributed by atoms with E-state index < -0.39 is 0 Å². The molecular weight excluding hydrogens is 326 g/mol. The number of aryl methyl sites for hydroxylation is 1. The van der Waals surface area contributed by atoms with Gasteiger partial charge in [-0.3, -0.25) is 4.79 Å². The molecule has 3 N–H and O–H groups in total. The minimum atomic E-state index is -0.250. The first kappa shape index (κ1) is 18.6. The standard InChI is InChI=1S/C13H20BrNO2.CH2O2/c1-10-8-12(16-2)13(9-11(10)15)17-7-5-3-4-6-14;2-1-3/h8-9H,3-7,15H2,1-2H3;1H,(H,2,3). The predicted molar refractivity (Wildman–Crippen MR) is 84.0 cm³/mol. The molecule has 0 aliphatic rings. The number of alkyl halides is 1. The van der Waals surface area contributed by atoms with E-state index in [0.717, 1.165) is 40.9 Å². The molecule has 114 valence electrons. The first-order valence-electron chi connectivity index (χ1n) is 6.31. The van der Waals surface area contributed by atoms with Gasteiger partial charge in [-0.25, -0.2) is 0 Å². The summed E-state index contributed by atoms with van der Waals surface area (Å²) in [5.41, 5.74) is 7.60. The van der Waals surface area contributed by atoms with Crippen LogP contribution in [0, 0.1) is 6.92 Å². The van der Waals surface area contributed by atoms with E-state index >= 15 is 0 Å². The normalized spacial score (nSPS) is 9.35. The Bertz CT molecular complexity index is 399. The Labute approximate surface area is 128 Å². The highest BCUT2D eigenvalue weighted by atomic mass is 79.9. The van der Waals surface area contributed by atoms with Crippen molar-refractivity contribution in [3.63, 3.8) is 0 Å². The van der Waals surface area contributed by atoms with Gasteiger partial charge < -0.3 is 20.3 Å². The summed E-state index contributed by atoms with van der Waals surface area (Å²) in [5, 5.41) is 7.94. The molecular formula is C14H22BrNO4. The van der Waals surface area contributed by atoms with E-state index in [1.165, 1.54) is 6.42 Å². The van der Waals surface area contributed by atoms with Crippen molar-refractivity contribution < 1.29 is 19.4 Å². The molecule has 5 nitrogen and oxygen atoms in total. The molecule has 0 fully saturated rings. The maximum absolute atomic E-state index is 8.36. The summed E-state index contributed by atoms with van der Waals surface area (Å²) in [7, 11) is 1.64. The van der Waals surface area contributed by atoms with Gasteiger partial charge in [0, 0.05) is 17.1 Å². The van der Waals surface area contributed by atoms with Gasteiger partial charge in [-0.15, -0.1) is 0 Å². The molecule has 20 heavy (non-hydrogen) atoms. The second-order valence-electron chi connectivity index (χ2n) is 4.06. The molecule has 0 radical (unpaired) electrons. The lowest BCUT2D eigenvalue weighted by molar-refractivity contribution is -0.122. The number of halogens is 1. The number of nitrogens with two attached hydrogens (primary N) is 1. The predicted octanol–water partition coefficient (Wildman–Crippen LogP) is 3.23. The Kier molecular flexibility index (Phi) is 10.6. The zero-order chi connectivity index (χ0) is 15.4. The van der Waals surface area contributed by atoms with E-state index in [1.807, 2.05) is 19.1 Å². The van der Waals surface area contributed by atoms with Gasteiger partial charge in [0.2, 0.25) is 0 Å². The Hall–Kier alpha value is -1.43. The molecule has 1 rings (SSSR count). The molecule has 1 aromatic rings. The van der Waals surface area contributed by atoms with Crippen molar-refractivity contribution in [3.05, 3.63) is 17.7 Å². The molecule has 1 aromatic carbocycles. The topological polar surface area (TPSA) is 81.8 Å². The second-order valence-corrected chi connectivity index (χ2v) is 4.86. The summed E-state index contributed by atoms with van der Waals surface area (Å²) in [6.07, 6.45) is 3.38. The van der Waals surface area contributed by atoms with Crippen LogP contribution in [-0.2, 0) is 4.79 Å². The zero-order valence-corrected chi connectivity index (χ0v) is 13.5. The molecule has 0 aromatic heterocycles. The number of carbonyl (C=O) groups is 1. The van der Waals surface area contributed by atoms with Crippen molar-refractivity contribution in [1.82, 2.24) is 0 Å². The highest BCUT2D eigenvalue weighted by Crippen LogP contribution is 2.31. The average Bonchev–Trinajstić information content (AvgIpc) is 2.43. The molecule has 0 aliphatic carbocycles. The van der Waals surface area contributed by atoms with E-state index in [0.29, 0.717) is 6.61 Å². The highest BCUT2D eigenvalue weighted by Gasteiger charge is 2.07. The number of hydrogen-bond acceptors (Lipinski definition) is 4. The molecule has 6 heteroatoms. The molecule has 0 bridgehead atoms. The number of methoxy groups -OCH3 is 1. The van der Waals surface area contributed by atoms with Crippen molar-refractivity contribution in [2.24, 2.45) is 0 Å². The Morgan fingerprint density at radius 1 is 1.30 bits per heavy atom. The van der Waals surface area contributed by atoms with Crippen molar-refractivity contribution in [2.75, 3.05) is 24.8 Å². The lowest BCUT2D eigenvalue weighted by Crippen LogP contribution is -2.01. The van der Waals surface area contributed by atoms with E-state index in [9.17, 15) is 0 Å². The minimum Gasteiger partial charge on any atom is -0.493 e. The summed E-state index contributed by atoms with van der Waals surface area (Å²) >= 11 is 3.41. The largest absolute Gasteiger partial charge is 0.493 e. The first-order chi connectivity index (χ1) is 9.60. The fourth-order valence-electron chi connectivity index (χ4n) is 1.51. The summed E-state index contributed by atoms with van der Waals surface area (Å²) in [4.78, 5) is 8.36. The van der Waals surface area contributed by atoms with Crippen molar-refractivity contribution >= 4 is 28.1 Å². The minimum absolute atomic E-state index is 0.250. The van der Waals surface area contributed by atoms with Gasteiger partial charge in [0.05, 0.1) is 13.7 Å². The van der Waals surface area contributed by atoms with Crippen LogP contribution in [0.3, 0.4) is 0 Å². The fourth-order valence-corrected chi connectivity index (χ4v) is 1.90. The van der Waals surface area contributed by atoms with Crippen LogP contribution in [0.1, 0.15) is 24.8 Å². The van der Waals surface area contributed by atoms with E-state index in [2.05, 4.69) is 15.9 Å². The summed E-state index contributed by atoms with van der Waals surface area (Å²) in [6.45, 7) is 2.41. The molecule has 0 amide bonds. The number of carboxylic acid groups (broad SMARTS) is 1. The van der Waals surface area contributed by atoms with Gasteiger partial charge >= 0.3 is 0 Å². The lowest BCUT2D eigenvalue weighted by atomic mass is 10.2. The molecule has 0 unspecified atom stereocenters. The summed E-state index contributed by atoms with van der Waals surface area (Å²) in [5.74, 6) is 1.48. The van der Waals surface area contributed by atoms with E-state index in [1.54, 1.807) is 7.11 Å². The van der Waals surface area contributed by atoms with Gasteiger partial charge in [0.1, 0.15) is 0 Å². The molecule has 0 atom stereocenters. The number of nitrogen functional groups attached to an aromatic ring is 1. The summed E-state index contributed by atoms with van der Waals surface area (Å²) in [6, 6.07) is 3.74. The van der Waals surface area contributed by atoms with Crippen LogP contribution in [0.25, 0.3) is 0 Å². The van der Waals surface area contributed by atoms with Crippen molar-refractivity contribution in [1.29, 1.82) is 0 Å². The van der Waals surface area contributed by atoms with Crippen LogP contribution < -0.4 is 15.2 Å². The van der Waals surface area contributed by atoms with Gasteiger partial charge in [0.15, 0.2) is 11.5 Å². The third kappa shape index (κ3) is 7.23. The lowest BCUT2D eigenvalue weighted by Gasteiger charge is -2.12. The molecule has 0 spiro atoms. The van der Waals surface area contributed by atoms with Gasteiger partial charge in [-0.2, -0.15) is 0 Å². The van der Waals surface area contributed by atoms with Crippen molar-refractivity contribution in [2.45, 2.75) is 26.2 Å². The monoisotopic (exact) mass is 347 g/mol.